The third kappa shape index (κ3) is 17.3. The molecule has 0 saturated heterocycles. The zero-order chi connectivity index (χ0) is 36.0. The van der Waals surface area contributed by atoms with Crippen LogP contribution in [0.15, 0.2) is 29.3 Å². The number of rotatable bonds is 24. The Morgan fingerprint density at radius 3 is 2.45 bits per heavy atom. The second-order valence-electron chi connectivity index (χ2n) is 11.9. The highest BCUT2D eigenvalue weighted by Crippen LogP contribution is 2.17. The van der Waals surface area contributed by atoms with Gasteiger partial charge in [-0.25, -0.2) is 9.97 Å². The van der Waals surface area contributed by atoms with E-state index < -0.39 is 11.9 Å². The van der Waals surface area contributed by atoms with Crippen LogP contribution in [0.5, 0.6) is 5.75 Å². The Bertz CT molecular complexity index is 1340. The Labute approximate surface area is 294 Å². The lowest BCUT2D eigenvalue weighted by Gasteiger charge is -2.22. The normalized spacial score (nSPS) is 12.1. The second kappa shape index (κ2) is 23.3. The Hall–Kier alpha value is -4.05. The van der Waals surface area contributed by atoms with Crippen LogP contribution in [0.4, 0.5) is 11.6 Å². The largest absolute Gasteiger partial charge is 0.492 e. The standard InChI is InChI=1S/C33H55ClN12O3/c1-23(36)9-3-2-4-11-26(37)31(47)41-18-8-20-46(19-7-16-35)21-22-49-25-14-12-24(13-15-25)10-5-6-17-42-33(40)45-32(48)27-29(38)44-30(39)28(34)43-27/h12-15,26,36H,2-11,16-22,35,37H2,1H3,(H,41,47)(H4,38,39,44)(H3,40,42,45,48)/t26-/m0/s1. The fraction of sp³-hybridized carbons (Fsp3) is 0.576. The molecule has 2 amide bonds. The molecule has 0 aliphatic carbocycles. The summed E-state index contributed by atoms with van der Waals surface area (Å²) in [5.74, 6) is -0.249. The van der Waals surface area contributed by atoms with Gasteiger partial charge in [0.15, 0.2) is 28.4 Å². The monoisotopic (exact) mass is 702 g/mol. The van der Waals surface area contributed by atoms with Gasteiger partial charge in [-0.2, -0.15) is 0 Å². The molecule has 0 fully saturated rings. The van der Waals surface area contributed by atoms with Gasteiger partial charge in [-0.3, -0.25) is 24.8 Å². The Morgan fingerprint density at radius 2 is 1.73 bits per heavy atom. The van der Waals surface area contributed by atoms with E-state index in [1.807, 2.05) is 31.2 Å². The molecule has 1 aromatic heterocycles. The van der Waals surface area contributed by atoms with Gasteiger partial charge in [0, 0.05) is 25.3 Å². The minimum atomic E-state index is -0.672. The van der Waals surface area contributed by atoms with Gasteiger partial charge in [-0.1, -0.05) is 36.6 Å². The molecule has 1 atom stereocenters. The first kappa shape index (κ1) is 41.1. The van der Waals surface area contributed by atoms with Crippen molar-refractivity contribution in [2.75, 3.05) is 57.3 Å². The number of aryl methyl sites for hydroxylation is 1. The van der Waals surface area contributed by atoms with Gasteiger partial charge in [-0.05, 0) is 95.6 Å². The smallest absolute Gasteiger partial charge is 0.280 e. The molecular weight excluding hydrogens is 648 g/mol. The van der Waals surface area contributed by atoms with E-state index in [0.717, 1.165) is 83.2 Å². The molecule has 0 aliphatic heterocycles. The summed E-state index contributed by atoms with van der Waals surface area (Å²) in [5, 5.41) is 12.7. The number of halogens is 1. The molecular formula is C33H55ClN12O3. The SMILES string of the molecule is CC(=N)CCCCC[C@H](N)C(=O)NCCCN(CCCN)CCOc1ccc(CCCCN=C(N)NC(=O)c2nc(Cl)c(N)nc2N)cc1. The summed E-state index contributed by atoms with van der Waals surface area (Å²) in [4.78, 5) is 38.8. The first-order valence-electron chi connectivity index (χ1n) is 16.9. The predicted octanol–water partition coefficient (Wildman–Crippen LogP) is 2.22. The average molecular weight is 703 g/mol. The van der Waals surface area contributed by atoms with Gasteiger partial charge >= 0.3 is 0 Å². The number of aliphatic imine (C=N–C) groups is 1. The summed E-state index contributed by atoms with van der Waals surface area (Å²) in [6.45, 7) is 6.42. The number of nitrogens with zero attached hydrogens (tertiary/aromatic N) is 4. The van der Waals surface area contributed by atoms with Crippen molar-refractivity contribution in [3.8, 4) is 5.75 Å². The van der Waals surface area contributed by atoms with Crippen molar-refractivity contribution < 1.29 is 14.3 Å². The number of hydrogen-bond donors (Lipinski definition) is 8. The number of aromatic nitrogens is 2. The number of unbranched alkanes of at least 4 members (excludes halogenated alkanes) is 3. The van der Waals surface area contributed by atoms with Crippen molar-refractivity contribution in [3.05, 3.63) is 40.7 Å². The van der Waals surface area contributed by atoms with Crippen LogP contribution < -0.4 is 44.0 Å². The molecule has 0 radical (unpaired) electrons. The third-order valence-electron chi connectivity index (χ3n) is 7.65. The number of carbonyl (C=O) groups is 2. The van der Waals surface area contributed by atoms with Crippen LogP contribution >= 0.6 is 11.6 Å². The molecule has 0 aliphatic rings. The van der Waals surface area contributed by atoms with Gasteiger partial charge < -0.3 is 44.1 Å². The molecule has 0 bridgehead atoms. The van der Waals surface area contributed by atoms with Crippen molar-refractivity contribution in [1.29, 1.82) is 5.41 Å². The highest BCUT2D eigenvalue weighted by atomic mass is 35.5. The topological polar surface area (TPSA) is 263 Å². The molecule has 0 saturated carbocycles. The van der Waals surface area contributed by atoms with E-state index in [0.29, 0.717) is 38.4 Å². The van der Waals surface area contributed by atoms with Crippen molar-refractivity contribution >= 4 is 46.7 Å². The van der Waals surface area contributed by atoms with Gasteiger partial charge in [0.05, 0.1) is 6.04 Å². The van der Waals surface area contributed by atoms with Gasteiger partial charge in [0.1, 0.15) is 12.4 Å². The Morgan fingerprint density at radius 1 is 1.00 bits per heavy atom. The van der Waals surface area contributed by atoms with E-state index in [4.69, 9.17) is 50.4 Å². The summed E-state index contributed by atoms with van der Waals surface area (Å²) in [5.41, 5.74) is 30.5. The lowest BCUT2D eigenvalue weighted by molar-refractivity contribution is -0.122. The number of benzene rings is 1. The number of nitrogens with one attached hydrogen (secondary N) is 3. The van der Waals surface area contributed by atoms with Crippen LogP contribution in [0.3, 0.4) is 0 Å². The molecule has 49 heavy (non-hydrogen) atoms. The fourth-order valence-electron chi connectivity index (χ4n) is 4.87. The number of amides is 2. The number of ether oxygens (including phenoxy) is 1. The highest BCUT2D eigenvalue weighted by molar-refractivity contribution is 6.31. The lowest BCUT2D eigenvalue weighted by Crippen LogP contribution is -2.41. The number of carbonyl (C=O) groups excluding carboxylic acids is 2. The van der Waals surface area contributed by atoms with E-state index in [9.17, 15) is 9.59 Å². The fourth-order valence-corrected chi connectivity index (χ4v) is 4.99. The number of guanidine groups is 1. The summed E-state index contributed by atoms with van der Waals surface area (Å²) in [6.07, 6.45) is 8.52. The maximum absolute atomic E-state index is 12.3. The molecule has 15 nitrogen and oxygen atoms in total. The van der Waals surface area contributed by atoms with E-state index in [1.54, 1.807) is 0 Å². The summed E-state index contributed by atoms with van der Waals surface area (Å²) in [7, 11) is 0. The number of hydrogen-bond acceptors (Lipinski definition) is 12. The first-order valence-corrected chi connectivity index (χ1v) is 17.3. The van der Waals surface area contributed by atoms with Crippen molar-refractivity contribution in [2.45, 2.75) is 77.2 Å². The van der Waals surface area contributed by atoms with Crippen molar-refractivity contribution in [3.63, 3.8) is 0 Å². The number of nitrogen functional groups attached to an aromatic ring is 2. The molecule has 1 heterocycles. The van der Waals surface area contributed by atoms with Crippen LogP contribution in [0.2, 0.25) is 5.15 Å². The molecule has 0 unspecified atom stereocenters. The molecule has 2 rings (SSSR count). The zero-order valence-electron chi connectivity index (χ0n) is 28.7. The van der Waals surface area contributed by atoms with Crippen LogP contribution in [-0.4, -0.2) is 90.3 Å². The van der Waals surface area contributed by atoms with Crippen molar-refractivity contribution in [2.24, 2.45) is 22.2 Å². The minimum Gasteiger partial charge on any atom is -0.492 e. The summed E-state index contributed by atoms with van der Waals surface area (Å²) < 4.78 is 6.00. The van der Waals surface area contributed by atoms with Crippen LogP contribution in [0.25, 0.3) is 0 Å². The maximum Gasteiger partial charge on any atom is 0.280 e. The summed E-state index contributed by atoms with van der Waals surface area (Å²) in [6, 6.07) is 7.54. The maximum atomic E-state index is 12.3. The van der Waals surface area contributed by atoms with Gasteiger partial charge in [-0.15, -0.1) is 0 Å². The molecule has 1 aromatic carbocycles. The van der Waals surface area contributed by atoms with E-state index in [-0.39, 0.29) is 34.3 Å². The van der Waals surface area contributed by atoms with Crippen LogP contribution in [0, 0.1) is 5.41 Å². The number of anilines is 2. The van der Waals surface area contributed by atoms with Crippen LogP contribution in [0.1, 0.15) is 80.8 Å². The quantitative estimate of drug-likeness (QED) is 0.0446. The predicted molar refractivity (Wildman–Crippen MR) is 197 cm³/mol. The number of nitrogens with two attached hydrogens (primary N) is 5. The van der Waals surface area contributed by atoms with Crippen LogP contribution in [-0.2, 0) is 11.2 Å². The first-order chi connectivity index (χ1) is 23.5. The zero-order valence-corrected chi connectivity index (χ0v) is 29.4. The molecule has 16 heteroatoms. The van der Waals surface area contributed by atoms with E-state index in [2.05, 4.69) is 30.5 Å². The molecule has 272 valence electrons. The van der Waals surface area contributed by atoms with E-state index >= 15 is 0 Å². The van der Waals surface area contributed by atoms with Gasteiger partial charge in [0.25, 0.3) is 5.91 Å². The van der Waals surface area contributed by atoms with Gasteiger partial charge in [0.2, 0.25) is 5.91 Å². The van der Waals surface area contributed by atoms with Crippen molar-refractivity contribution in [1.82, 2.24) is 25.5 Å². The second-order valence-corrected chi connectivity index (χ2v) is 12.3. The highest BCUT2D eigenvalue weighted by Gasteiger charge is 2.17. The molecule has 13 N–H and O–H groups in total. The Balaban J connectivity index is 1.63. The van der Waals surface area contributed by atoms with E-state index in [1.165, 1.54) is 5.56 Å². The molecule has 0 spiro atoms. The average Bonchev–Trinajstić information content (AvgIpc) is 3.06. The summed E-state index contributed by atoms with van der Waals surface area (Å²) >= 11 is 5.82. The lowest BCUT2D eigenvalue weighted by atomic mass is 10.1. The Kier molecular flexibility index (Phi) is 19.6. The third-order valence-corrected chi connectivity index (χ3v) is 7.93. The minimum absolute atomic E-state index is 0.0534. The molecule has 2 aromatic rings.